The number of halogens is 1. The largest absolute Gasteiger partial charge is 0.385 e. The molecule has 0 radical (unpaired) electrons. The van der Waals surface area contributed by atoms with Crippen LogP contribution in [0.2, 0.25) is 0 Å². The average molecular weight is 408 g/mol. The number of aliphatic hydroxyl groups is 1. The molecule has 1 N–H and O–H groups in total. The predicted octanol–water partition coefficient (Wildman–Crippen LogP) is 4.33. The molecule has 4 nitrogen and oxygen atoms in total. The van der Waals surface area contributed by atoms with Crippen LogP contribution in [0.3, 0.4) is 0 Å². The lowest BCUT2D eigenvalue weighted by Gasteiger charge is -2.35. The number of thiophene rings is 1. The molecule has 1 saturated heterocycles. The van der Waals surface area contributed by atoms with Crippen molar-refractivity contribution in [2.24, 2.45) is 0 Å². The van der Waals surface area contributed by atoms with Crippen molar-refractivity contribution < 1.29 is 19.0 Å². The van der Waals surface area contributed by atoms with Gasteiger partial charge in [-0.2, -0.15) is 0 Å². The number of ether oxygens (including phenoxy) is 1. The van der Waals surface area contributed by atoms with Crippen LogP contribution in [-0.4, -0.2) is 30.8 Å². The maximum absolute atomic E-state index is 14.6. The molecular formula is C20H22FNO3S2. The fourth-order valence-corrected chi connectivity index (χ4v) is 5.98. The number of nitrogens with zero attached hydrogens (tertiary/aromatic N) is 1. The summed E-state index contributed by atoms with van der Waals surface area (Å²) in [6.45, 7) is 2.53. The number of hydrogen-bond donors (Lipinski definition) is 1. The molecule has 0 spiro atoms. The molecule has 1 amide bonds. The van der Waals surface area contributed by atoms with Gasteiger partial charge in [-0.05, 0) is 48.1 Å². The zero-order valence-electron chi connectivity index (χ0n) is 15.3. The first-order chi connectivity index (χ1) is 12.9. The Morgan fingerprint density at radius 2 is 2.19 bits per heavy atom. The number of fused-ring (bicyclic) bond motifs is 1. The van der Waals surface area contributed by atoms with Crippen LogP contribution in [0.1, 0.15) is 37.3 Å². The van der Waals surface area contributed by atoms with Crippen molar-refractivity contribution in [3.8, 4) is 0 Å². The van der Waals surface area contributed by atoms with Gasteiger partial charge in [-0.25, -0.2) is 4.39 Å². The van der Waals surface area contributed by atoms with Crippen LogP contribution < -0.4 is 4.90 Å². The fraction of sp³-hybridized carbons (Fsp3) is 0.450. The van der Waals surface area contributed by atoms with E-state index >= 15 is 0 Å². The lowest BCUT2D eigenvalue weighted by atomic mass is 9.86. The summed E-state index contributed by atoms with van der Waals surface area (Å²) in [5.74, 6) is -0.414. The van der Waals surface area contributed by atoms with E-state index in [1.807, 2.05) is 24.4 Å². The van der Waals surface area contributed by atoms with Crippen molar-refractivity contribution in [1.29, 1.82) is 0 Å². The zero-order valence-corrected chi connectivity index (χ0v) is 17.0. The van der Waals surface area contributed by atoms with E-state index in [4.69, 9.17) is 4.74 Å². The van der Waals surface area contributed by atoms with Crippen LogP contribution in [0, 0.1) is 5.82 Å². The molecule has 0 bridgehead atoms. The number of carbonyl (C=O) groups is 1. The Kier molecular flexibility index (Phi) is 5.05. The SMILES string of the molecule is CC1CC(O)(c2csc(Sc3cc(F)c4c(c3)CCC(=O)N4C)c2)CCO1. The number of aryl methyl sites for hydroxylation is 1. The second-order valence-corrected chi connectivity index (χ2v) is 9.57. The topological polar surface area (TPSA) is 49.8 Å². The molecule has 2 aromatic rings. The van der Waals surface area contributed by atoms with Crippen molar-refractivity contribution >= 4 is 34.7 Å². The maximum atomic E-state index is 14.6. The normalized spacial score (nSPS) is 25.6. The minimum Gasteiger partial charge on any atom is -0.385 e. The molecule has 1 aromatic heterocycles. The minimum absolute atomic E-state index is 0.0363. The lowest BCUT2D eigenvalue weighted by molar-refractivity contribution is -0.118. The number of rotatable bonds is 3. The van der Waals surface area contributed by atoms with E-state index in [9.17, 15) is 14.3 Å². The third-order valence-corrected chi connectivity index (χ3v) is 7.36. The van der Waals surface area contributed by atoms with Gasteiger partial charge in [0.25, 0.3) is 0 Å². The first-order valence-corrected chi connectivity index (χ1v) is 10.8. The molecule has 27 heavy (non-hydrogen) atoms. The third kappa shape index (κ3) is 3.66. The summed E-state index contributed by atoms with van der Waals surface area (Å²) in [7, 11) is 1.62. The number of benzene rings is 1. The van der Waals surface area contributed by atoms with Crippen LogP contribution >= 0.6 is 23.1 Å². The molecule has 4 rings (SSSR count). The van der Waals surface area contributed by atoms with Gasteiger partial charge in [0, 0.05) is 31.2 Å². The molecule has 144 valence electrons. The average Bonchev–Trinajstić information content (AvgIpc) is 3.07. The molecule has 0 aliphatic carbocycles. The highest BCUT2D eigenvalue weighted by atomic mass is 32.2. The number of anilines is 1. The first-order valence-electron chi connectivity index (χ1n) is 9.05. The summed E-state index contributed by atoms with van der Waals surface area (Å²) in [4.78, 5) is 14.0. The summed E-state index contributed by atoms with van der Waals surface area (Å²) in [6.07, 6.45) is 2.19. The van der Waals surface area contributed by atoms with Crippen molar-refractivity contribution in [3.63, 3.8) is 0 Å². The molecule has 2 aliphatic rings. The van der Waals surface area contributed by atoms with Gasteiger partial charge < -0.3 is 14.7 Å². The van der Waals surface area contributed by atoms with E-state index in [1.54, 1.807) is 18.4 Å². The Bertz CT molecular complexity index is 884. The molecule has 3 heterocycles. The highest BCUT2D eigenvalue weighted by Gasteiger charge is 2.35. The smallest absolute Gasteiger partial charge is 0.227 e. The van der Waals surface area contributed by atoms with E-state index in [2.05, 4.69) is 0 Å². The monoisotopic (exact) mass is 407 g/mol. The number of amides is 1. The standard InChI is InChI=1S/C20H22FNO3S2/c1-12-10-20(24,5-6-25-12)14-8-18(26-11-14)27-15-7-13-3-4-17(23)22(2)19(13)16(21)9-15/h7-9,11-12,24H,3-6,10H2,1-2H3. The summed E-state index contributed by atoms with van der Waals surface area (Å²) in [5.41, 5.74) is 1.33. The highest BCUT2D eigenvalue weighted by Crippen LogP contribution is 2.42. The van der Waals surface area contributed by atoms with Crippen molar-refractivity contribution in [2.75, 3.05) is 18.6 Å². The van der Waals surface area contributed by atoms with Gasteiger partial charge in [0.15, 0.2) is 0 Å². The van der Waals surface area contributed by atoms with Gasteiger partial charge in [0.2, 0.25) is 5.91 Å². The van der Waals surface area contributed by atoms with Crippen molar-refractivity contribution in [3.05, 3.63) is 40.5 Å². The van der Waals surface area contributed by atoms with E-state index in [0.717, 1.165) is 20.2 Å². The van der Waals surface area contributed by atoms with Crippen LogP contribution in [0.15, 0.2) is 32.7 Å². The van der Waals surface area contributed by atoms with Crippen LogP contribution in [0.5, 0.6) is 0 Å². The summed E-state index contributed by atoms with van der Waals surface area (Å²) >= 11 is 3.05. The van der Waals surface area contributed by atoms with Gasteiger partial charge >= 0.3 is 0 Å². The minimum atomic E-state index is -0.850. The van der Waals surface area contributed by atoms with Crippen molar-refractivity contribution in [1.82, 2.24) is 0 Å². The molecule has 2 unspecified atom stereocenters. The number of carbonyl (C=O) groups excluding carboxylic acids is 1. The van der Waals surface area contributed by atoms with Crippen LogP contribution in [0.4, 0.5) is 10.1 Å². The first kappa shape index (κ1) is 18.9. The Morgan fingerprint density at radius 1 is 1.37 bits per heavy atom. The molecule has 1 aromatic carbocycles. The fourth-order valence-electron chi connectivity index (χ4n) is 3.85. The van der Waals surface area contributed by atoms with Gasteiger partial charge in [0.05, 0.1) is 28.2 Å². The highest BCUT2D eigenvalue weighted by molar-refractivity contribution is 8.01. The van der Waals surface area contributed by atoms with E-state index in [1.165, 1.54) is 22.7 Å². The van der Waals surface area contributed by atoms with Crippen LogP contribution in [0.25, 0.3) is 0 Å². The van der Waals surface area contributed by atoms with Gasteiger partial charge in [-0.15, -0.1) is 11.3 Å². The lowest BCUT2D eigenvalue weighted by Crippen LogP contribution is -2.37. The third-order valence-electron chi connectivity index (χ3n) is 5.31. The predicted molar refractivity (Wildman–Crippen MR) is 105 cm³/mol. The zero-order chi connectivity index (χ0) is 19.2. The van der Waals surface area contributed by atoms with E-state index in [-0.39, 0.29) is 17.8 Å². The Morgan fingerprint density at radius 3 is 2.96 bits per heavy atom. The molecule has 7 heteroatoms. The molecule has 0 saturated carbocycles. The summed E-state index contributed by atoms with van der Waals surface area (Å²) in [6, 6.07) is 5.46. The Hall–Kier alpha value is -1.41. The Labute approximate surface area is 166 Å². The second kappa shape index (κ2) is 7.20. The molecule has 2 atom stereocenters. The molecule has 2 aliphatic heterocycles. The Balaban J connectivity index is 1.56. The van der Waals surface area contributed by atoms with Crippen molar-refractivity contribution in [2.45, 2.75) is 53.4 Å². The van der Waals surface area contributed by atoms with Crippen LogP contribution in [-0.2, 0) is 21.6 Å². The molecular weight excluding hydrogens is 385 g/mol. The van der Waals surface area contributed by atoms with E-state index in [0.29, 0.717) is 38.0 Å². The number of hydrogen-bond acceptors (Lipinski definition) is 5. The second-order valence-electron chi connectivity index (χ2n) is 7.29. The van der Waals surface area contributed by atoms with Gasteiger partial charge in [-0.1, -0.05) is 11.8 Å². The van der Waals surface area contributed by atoms with Gasteiger partial charge in [0.1, 0.15) is 5.82 Å². The quantitative estimate of drug-likeness (QED) is 0.823. The van der Waals surface area contributed by atoms with E-state index < -0.39 is 5.60 Å². The summed E-state index contributed by atoms with van der Waals surface area (Å²) < 4.78 is 21.2. The maximum Gasteiger partial charge on any atom is 0.227 e. The van der Waals surface area contributed by atoms with Gasteiger partial charge in [-0.3, -0.25) is 4.79 Å². The molecule has 1 fully saturated rings. The summed E-state index contributed by atoms with van der Waals surface area (Å²) in [5, 5.41) is 13.0.